The molecule has 0 radical (unpaired) electrons. The van der Waals surface area contributed by atoms with Gasteiger partial charge in [-0.05, 0) is 43.2 Å². The van der Waals surface area contributed by atoms with Crippen molar-refractivity contribution >= 4 is 42.6 Å². The number of methoxy groups -OCH3 is 1. The Bertz CT molecular complexity index is 1120. The molecule has 1 aliphatic heterocycles. The van der Waals surface area contributed by atoms with Crippen LogP contribution in [0, 0.1) is 5.92 Å². The Morgan fingerprint density at radius 1 is 1.28 bits per heavy atom. The second kappa shape index (κ2) is 8.05. The van der Waals surface area contributed by atoms with Crippen LogP contribution in [0.15, 0.2) is 47.6 Å². The second-order valence-corrected chi connectivity index (χ2v) is 9.68. The molecule has 4 rings (SSSR count). The van der Waals surface area contributed by atoms with Crippen molar-refractivity contribution in [3.05, 3.63) is 42.7 Å². The van der Waals surface area contributed by atoms with Gasteiger partial charge in [-0.1, -0.05) is 11.3 Å². The Labute approximate surface area is 172 Å². The fourth-order valence-electron chi connectivity index (χ4n) is 3.30. The molecule has 1 amide bonds. The topological polar surface area (TPSA) is 101 Å². The van der Waals surface area contributed by atoms with Crippen molar-refractivity contribution in [2.45, 2.75) is 17.7 Å². The highest BCUT2D eigenvalue weighted by Gasteiger charge is 2.32. The van der Waals surface area contributed by atoms with Gasteiger partial charge in [0.1, 0.15) is 10.6 Å². The molecule has 152 valence electrons. The van der Waals surface area contributed by atoms with Gasteiger partial charge in [0.2, 0.25) is 15.9 Å². The third-order valence-corrected chi connectivity index (χ3v) is 7.74. The number of carbonyl (C=O) groups excluding carboxylic acids is 1. The quantitative estimate of drug-likeness (QED) is 0.665. The largest absolute Gasteiger partial charge is 0.497 e. The summed E-state index contributed by atoms with van der Waals surface area (Å²) in [4.78, 5) is 21.1. The highest BCUT2D eigenvalue weighted by Crippen LogP contribution is 2.30. The lowest BCUT2D eigenvalue weighted by Crippen LogP contribution is -2.41. The average Bonchev–Trinajstić information content (AvgIpc) is 3.15. The summed E-state index contributed by atoms with van der Waals surface area (Å²) in [6, 6.07) is 8.68. The van der Waals surface area contributed by atoms with Gasteiger partial charge in [-0.15, -0.1) is 0 Å². The summed E-state index contributed by atoms with van der Waals surface area (Å²) in [5.74, 6) is 0.354. The van der Waals surface area contributed by atoms with Crippen molar-refractivity contribution in [2.24, 2.45) is 5.92 Å². The van der Waals surface area contributed by atoms with E-state index in [0.29, 0.717) is 31.1 Å². The van der Waals surface area contributed by atoms with Crippen molar-refractivity contribution in [1.82, 2.24) is 14.3 Å². The molecule has 0 bridgehead atoms. The van der Waals surface area contributed by atoms with Crippen molar-refractivity contribution in [3.8, 4) is 5.75 Å². The number of hydrogen-bond donors (Lipinski definition) is 1. The zero-order chi connectivity index (χ0) is 20.4. The Hall–Kier alpha value is -2.56. The van der Waals surface area contributed by atoms with Crippen LogP contribution in [0.4, 0.5) is 5.13 Å². The molecule has 1 saturated heterocycles. The van der Waals surface area contributed by atoms with E-state index < -0.39 is 10.0 Å². The number of carbonyl (C=O) groups is 1. The number of pyridine rings is 1. The number of thiazole rings is 1. The Morgan fingerprint density at radius 3 is 2.76 bits per heavy atom. The van der Waals surface area contributed by atoms with E-state index >= 15 is 0 Å². The van der Waals surface area contributed by atoms with E-state index in [1.807, 2.05) is 18.2 Å². The molecule has 2 aromatic heterocycles. The molecular formula is C19H20N4O4S2. The highest BCUT2D eigenvalue weighted by atomic mass is 32.2. The van der Waals surface area contributed by atoms with Gasteiger partial charge >= 0.3 is 0 Å². The molecule has 0 atom stereocenters. The SMILES string of the molecule is COc1ccc2nc(NC(=O)C3CCN(S(=O)(=O)c4cccnc4)CC3)sc2c1. The molecule has 0 unspecified atom stereocenters. The summed E-state index contributed by atoms with van der Waals surface area (Å²) in [7, 11) is -1.97. The maximum absolute atomic E-state index is 12.7. The van der Waals surface area contributed by atoms with Crippen LogP contribution >= 0.6 is 11.3 Å². The van der Waals surface area contributed by atoms with E-state index in [4.69, 9.17) is 4.74 Å². The number of anilines is 1. The minimum atomic E-state index is -3.58. The number of nitrogens with one attached hydrogen (secondary N) is 1. The first-order valence-corrected chi connectivity index (χ1v) is 11.4. The van der Waals surface area contributed by atoms with Crippen LogP contribution in [0.1, 0.15) is 12.8 Å². The van der Waals surface area contributed by atoms with Gasteiger partial charge in [-0.3, -0.25) is 9.78 Å². The fourth-order valence-corrected chi connectivity index (χ4v) is 5.63. The Morgan fingerprint density at radius 2 is 2.07 bits per heavy atom. The van der Waals surface area contributed by atoms with Crippen molar-refractivity contribution in [3.63, 3.8) is 0 Å². The summed E-state index contributed by atoms with van der Waals surface area (Å²) in [5.41, 5.74) is 0.795. The summed E-state index contributed by atoms with van der Waals surface area (Å²) in [6.45, 7) is 0.596. The normalized spacial score (nSPS) is 16.0. The first-order chi connectivity index (χ1) is 14.0. The lowest BCUT2D eigenvalue weighted by Gasteiger charge is -2.30. The number of hydrogen-bond acceptors (Lipinski definition) is 7. The van der Waals surface area contributed by atoms with Crippen molar-refractivity contribution in [2.75, 3.05) is 25.5 Å². The number of ether oxygens (including phenoxy) is 1. The average molecular weight is 433 g/mol. The second-order valence-electron chi connectivity index (χ2n) is 6.71. The number of amides is 1. The number of fused-ring (bicyclic) bond motifs is 1. The number of aromatic nitrogens is 2. The minimum Gasteiger partial charge on any atom is -0.497 e. The first kappa shape index (κ1) is 19.7. The molecule has 8 nitrogen and oxygen atoms in total. The molecule has 0 saturated carbocycles. The van der Waals surface area contributed by atoms with Crippen LogP contribution in [-0.2, 0) is 14.8 Å². The van der Waals surface area contributed by atoms with Crippen molar-refractivity contribution < 1.29 is 17.9 Å². The molecule has 10 heteroatoms. The molecule has 1 aromatic carbocycles. The van der Waals surface area contributed by atoms with Crippen LogP contribution in [0.25, 0.3) is 10.2 Å². The van der Waals surface area contributed by atoms with E-state index in [-0.39, 0.29) is 16.7 Å². The molecule has 0 aliphatic carbocycles. The molecular weight excluding hydrogens is 412 g/mol. The van der Waals surface area contributed by atoms with Crippen LogP contribution < -0.4 is 10.1 Å². The van der Waals surface area contributed by atoms with Crippen LogP contribution in [-0.4, -0.2) is 48.8 Å². The first-order valence-electron chi connectivity index (χ1n) is 9.13. The van der Waals surface area contributed by atoms with Crippen molar-refractivity contribution in [1.29, 1.82) is 0 Å². The maximum atomic E-state index is 12.7. The molecule has 1 aliphatic rings. The third-order valence-electron chi connectivity index (χ3n) is 4.92. The van der Waals surface area contributed by atoms with E-state index in [2.05, 4.69) is 15.3 Å². The molecule has 1 N–H and O–H groups in total. The summed E-state index contributed by atoms with van der Waals surface area (Å²) in [6.07, 6.45) is 3.80. The lowest BCUT2D eigenvalue weighted by molar-refractivity contribution is -0.120. The lowest BCUT2D eigenvalue weighted by atomic mass is 9.97. The summed E-state index contributed by atoms with van der Waals surface area (Å²) < 4.78 is 32.9. The van der Waals surface area contributed by atoms with Gasteiger partial charge in [0.05, 0.1) is 17.3 Å². The zero-order valence-corrected chi connectivity index (χ0v) is 17.4. The molecule has 3 aromatic rings. The zero-order valence-electron chi connectivity index (χ0n) is 15.7. The van der Waals surface area contributed by atoms with Crippen LogP contribution in [0.3, 0.4) is 0 Å². The van der Waals surface area contributed by atoms with E-state index in [0.717, 1.165) is 16.0 Å². The molecule has 29 heavy (non-hydrogen) atoms. The van der Waals surface area contributed by atoms with E-state index in [1.54, 1.807) is 13.2 Å². The summed E-state index contributed by atoms with van der Waals surface area (Å²) >= 11 is 1.38. The molecule has 0 spiro atoms. The van der Waals surface area contributed by atoms with Gasteiger partial charge < -0.3 is 10.1 Å². The van der Waals surface area contributed by atoms with Gasteiger partial charge in [-0.2, -0.15) is 4.31 Å². The van der Waals surface area contributed by atoms with Gasteiger partial charge in [-0.25, -0.2) is 13.4 Å². The fraction of sp³-hybridized carbons (Fsp3) is 0.316. The molecule has 3 heterocycles. The summed E-state index contributed by atoms with van der Waals surface area (Å²) in [5, 5.41) is 3.40. The monoisotopic (exact) mass is 432 g/mol. The minimum absolute atomic E-state index is 0.130. The van der Waals surface area contributed by atoms with E-state index in [9.17, 15) is 13.2 Å². The van der Waals surface area contributed by atoms with Crippen LogP contribution in [0.5, 0.6) is 5.75 Å². The Kier molecular flexibility index (Phi) is 5.48. The maximum Gasteiger partial charge on any atom is 0.244 e. The predicted octanol–water partition coefficient (Wildman–Crippen LogP) is 2.74. The van der Waals surface area contributed by atoms with Gasteiger partial charge in [0.15, 0.2) is 5.13 Å². The number of sulfonamides is 1. The number of benzene rings is 1. The van der Waals surface area contributed by atoms with Gasteiger partial charge in [0, 0.05) is 31.4 Å². The Balaban J connectivity index is 1.39. The number of rotatable bonds is 5. The van der Waals surface area contributed by atoms with Gasteiger partial charge in [0.25, 0.3) is 0 Å². The van der Waals surface area contributed by atoms with E-state index in [1.165, 1.54) is 34.1 Å². The number of piperidine rings is 1. The highest BCUT2D eigenvalue weighted by molar-refractivity contribution is 7.89. The molecule has 1 fully saturated rings. The smallest absolute Gasteiger partial charge is 0.244 e. The predicted molar refractivity (Wildman–Crippen MR) is 111 cm³/mol. The van der Waals surface area contributed by atoms with Crippen LogP contribution in [0.2, 0.25) is 0 Å². The standard InChI is InChI=1S/C19H20N4O4S2/c1-27-14-4-5-16-17(11-14)28-19(21-16)22-18(24)13-6-9-23(10-7-13)29(25,26)15-3-2-8-20-12-15/h2-5,8,11-13H,6-7,9-10H2,1H3,(H,21,22,24). The third kappa shape index (κ3) is 4.09. The number of nitrogens with zero attached hydrogens (tertiary/aromatic N) is 3.